The van der Waals surface area contributed by atoms with Crippen molar-refractivity contribution in [3.05, 3.63) is 22.7 Å². The summed E-state index contributed by atoms with van der Waals surface area (Å²) in [5, 5.41) is 0. The van der Waals surface area contributed by atoms with Crippen LogP contribution >= 0.6 is 15.9 Å². The molecule has 0 aromatic heterocycles. The molecule has 0 saturated carbocycles. The fraction of sp³-hybridized carbons (Fsp3) is 0.462. The van der Waals surface area contributed by atoms with Crippen LogP contribution in [0.4, 0.5) is 5.69 Å². The molecule has 0 spiro atoms. The fourth-order valence-corrected chi connectivity index (χ4v) is 3.94. The first kappa shape index (κ1) is 16.3. The van der Waals surface area contributed by atoms with E-state index in [-0.39, 0.29) is 29.5 Å². The Bertz CT molecular complexity index is 628. The Morgan fingerprint density at radius 1 is 1.33 bits per heavy atom. The number of likely N-dealkylation sites (tertiary alicyclic amines) is 1. The number of carbonyl (C=O) groups is 1. The number of hydrogen-bond acceptors (Lipinski definition) is 4. The second-order valence-corrected chi connectivity index (χ2v) is 7.57. The van der Waals surface area contributed by atoms with Crippen LogP contribution in [-0.2, 0) is 14.8 Å². The monoisotopic (exact) mass is 375 g/mol. The summed E-state index contributed by atoms with van der Waals surface area (Å²) in [7, 11) is -3.71. The number of nitrogens with zero attached hydrogens (tertiary/aromatic N) is 1. The maximum atomic E-state index is 12.2. The summed E-state index contributed by atoms with van der Waals surface area (Å²) in [6.07, 6.45) is 2.20. The molecular formula is C13H18BrN3O3S. The quantitative estimate of drug-likeness (QED) is 0.759. The van der Waals surface area contributed by atoms with Gasteiger partial charge in [-0.15, -0.1) is 0 Å². The van der Waals surface area contributed by atoms with Crippen molar-refractivity contribution in [1.82, 2.24) is 9.62 Å². The zero-order valence-corrected chi connectivity index (χ0v) is 13.9. The lowest BCUT2D eigenvalue weighted by atomic mass is 10.3. The predicted molar refractivity (Wildman–Crippen MR) is 84.2 cm³/mol. The Kier molecular flexibility index (Phi) is 5.23. The van der Waals surface area contributed by atoms with Crippen molar-refractivity contribution in [2.75, 3.05) is 25.4 Å². The zero-order valence-electron chi connectivity index (χ0n) is 11.5. The van der Waals surface area contributed by atoms with E-state index in [1.807, 2.05) is 0 Å². The van der Waals surface area contributed by atoms with Gasteiger partial charge in [-0.3, -0.25) is 4.79 Å². The lowest BCUT2D eigenvalue weighted by molar-refractivity contribution is -0.129. The summed E-state index contributed by atoms with van der Waals surface area (Å²) >= 11 is 3.22. The van der Waals surface area contributed by atoms with E-state index in [2.05, 4.69) is 20.7 Å². The SMILES string of the molecule is Nc1ccc(Br)cc1S(=O)(=O)NCCC(=O)N1CCCC1. The summed E-state index contributed by atoms with van der Waals surface area (Å²) in [5.41, 5.74) is 5.87. The van der Waals surface area contributed by atoms with Gasteiger partial charge in [0.15, 0.2) is 0 Å². The molecule has 0 radical (unpaired) electrons. The van der Waals surface area contributed by atoms with Crippen molar-refractivity contribution in [3.8, 4) is 0 Å². The van der Waals surface area contributed by atoms with Crippen molar-refractivity contribution < 1.29 is 13.2 Å². The molecule has 0 bridgehead atoms. The highest BCUT2D eigenvalue weighted by Crippen LogP contribution is 2.22. The number of amides is 1. The van der Waals surface area contributed by atoms with Gasteiger partial charge in [-0.25, -0.2) is 13.1 Å². The molecule has 1 aliphatic heterocycles. The molecule has 1 saturated heterocycles. The number of carbonyl (C=O) groups excluding carboxylic acids is 1. The number of nitrogens with one attached hydrogen (secondary N) is 1. The maximum absolute atomic E-state index is 12.2. The van der Waals surface area contributed by atoms with Crippen molar-refractivity contribution in [2.45, 2.75) is 24.2 Å². The molecule has 1 heterocycles. The van der Waals surface area contributed by atoms with Gasteiger partial charge in [-0.2, -0.15) is 0 Å². The number of hydrogen-bond donors (Lipinski definition) is 2. The normalized spacial score (nSPS) is 15.4. The molecule has 0 unspecified atom stereocenters. The molecule has 0 atom stereocenters. The first-order chi connectivity index (χ1) is 9.90. The van der Waals surface area contributed by atoms with Crippen LogP contribution in [0.1, 0.15) is 19.3 Å². The molecule has 1 amide bonds. The summed E-state index contributed by atoms with van der Waals surface area (Å²) in [6, 6.07) is 4.64. The smallest absolute Gasteiger partial charge is 0.242 e. The second kappa shape index (κ2) is 6.76. The number of anilines is 1. The fourth-order valence-electron chi connectivity index (χ4n) is 2.24. The molecule has 6 nitrogen and oxygen atoms in total. The topological polar surface area (TPSA) is 92.5 Å². The standard InChI is InChI=1S/C13H18BrN3O3S/c14-10-3-4-11(15)12(9-10)21(19,20)16-6-5-13(18)17-7-1-2-8-17/h3-4,9,16H,1-2,5-8,15H2. The minimum absolute atomic E-state index is 0.0163. The van der Waals surface area contributed by atoms with Crippen LogP contribution in [-0.4, -0.2) is 38.9 Å². The van der Waals surface area contributed by atoms with E-state index in [0.717, 1.165) is 25.9 Å². The van der Waals surface area contributed by atoms with Crippen LogP contribution in [0.25, 0.3) is 0 Å². The third kappa shape index (κ3) is 4.18. The first-order valence-corrected chi connectivity index (χ1v) is 9.00. The molecule has 1 fully saturated rings. The van der Waals surface area contributed by atoms with Crippen molar-refractivity contribution in [2.24, 2.45) is 0 Å². The first-order valence-electron chi connectivity index (χ1n) is 6.72. The van der Waals surface area contributed by atoms with Gasteiger partial charge in [0, 0.05) is 30.5 Å². The van der Waals surface area contributed by atoms with E-state index in [1.165, 1.54) is 12.1 Å². The van der Waals surface area contributed by atoms with Crippen LogP contribution in [0.15, 0.2) is 27.6 Å². The lowest BCUT2D eigenvalue weighted by Gasteiger charge is -2.15. The van der Waals surface area contributed by atoms with Gasteiger partial charge in [0.1, 0.15) is 4.90 Å². The van der Waals surface area contributed by atoms with E-state index in [0.29, 0.717) is 4.47 Å². The molecule has 1 aliphatic rings. The number of sulfonamides is 1. The van der Waals surface area contributed by atoms with Gasteiger partial charge in [-0.1, -0.05) is 15.9 Å². The average molecular weight is 376 g/mol. The van der Waals surface area contributed by atoms with Crippen molar-refractivity contribution >= 4 is 37.5 Å². The van der Waals surface area contributed by atoms with Crippen LogP contribution in [0, 0.1) is 0 Å². The summed E-state index contributed by atoms with van der Waals surface area (Å²) < 4.78 is 27.4. The summed E-state index contributed by atoms with van der Waals surface area (Å²) in [6.45, 7) is 1.61. The molecule has 3 N–H and O–H groups in total. The number of benzene rings is 1. The molecule has 1 aromatic carbocycles. The summed E-state index contributed by atoms with van der Waals surface area (Å²) in [4.78, 5) is 13.6. The van der Waals surface area contributed by atoms with E-state index < -0.39 is 10.0 Å². The van der Waals surface area contributed by atoms with Crippen LogP contribution in [0.2, 0.25) is 0 Å². The van der Waals surface area contributed by atoms with Gasteiger partial charge in [0.2, 0.25) is 15.9 Å². The molecule has 8 heteroatoms. The highest BCUT2D eigenvalue weighted by molar-refractivity contribution is 9.10. The average Bonchev–Trinajstić information content (AvgIpc) is 2.95. The Balaban J connectivity index is 1.95. The largest absolute Gasteiger partial charge is 0.398 e. The third-order valence-corrected chi connectivity index (χ3v) is 5.36. The Labute approximate surface area is 132 Å². The predicted octanol–water partition coefficient (Wildman–Crippen LogP) is 1.32. The Morgan fingerprint density at radius 2 is 2.00 bits per heavy atom. The number of halogens is 1. The Morgan fingerprint density at radius 3 is 2.67 bits per heavy atom. The molecular weight excluding hydrogens is 358 g/mol. The molecule has 2 rings (SSSR count). The molecule has 21 heavy (non-hydrogen) atoms. The van der Waals surface area contributed by atoms with E-state index >= 15 is 0 Å². The van der Waals surface area contributed by atoms with E-state index in [1.54, 1.807) is 11.0 Å². The van der Waals surface area contributed by atoms with Crippen molar-refractivity contribution in [1.29, 1.82) is 0 Å². The molecule has 0 aliphatic carbocycles. The van der Waals surface area contributed by atoms with Gasteiger partial charge in [-0.05, 0) is 31.0 Å². The van der Waals surface area contributed by atoms with Gasteiger partial charge >= 0.3 is 0 Å². The lowest BCUT2D eigenvalue weighted by Crippen LogP contribution is -2.32. The number of rotatable bonds is 5. The van der Waals surface area contributed by atoms with E-state index in [4.69, 9.17) is 5.73 Å². The number of nitrogen functional groups attached to an aromatic ring is 1. The van der Waals surface area contributed by atoms with E-state index in [9.17, 15) is 13.2 Å². The van der Waals surface area contributed by atoms with Crippen LogP contribution < -0.4 is 10.5 Å². The molecule has 116 valence electrons. The van der Waals surface area contributed by atoms with Gasteiger partial charge in [0.25, 0.3) is 0 Å². The maximum Gasteiger partial charge on any atom is 0.242 e. The van der Waals surface area contributed by atoms with Crippen molar-refractivity contribution in [3.63, 3.8) is 0 Å². The second-order valence-electron chi connectivity index (χ2n) is 4.92. The van der Waals surface area contributed by atoms with Crippen LogP contribution in [0.3, 0.4) is 0 Å². The Hall–Kier alpha value is -1.12. The number of nitrogens with two attached hydrogens (primary N) is 1. The highest BCUT2D eigenvalue weighted by Gasteiger charge is 2.20. The van der Waals surface area contributed by atoms with Crippen LogP contribution in [0.5, 0.6) is 0 Å². The van der Waals surface area contributed by atoms with Gasteiger partial charge < -0.3 is 10.6 Å². The van der Waals surface area contributed by atoms with Gasteiger partial charge in [0.05, 0.1) is 5.69 Å². The minimum atomic E-state index is -3.71. The molecule has 1 aromatic rings. The zero-order chi connectivity index (χ0) is 15.5. The third-order valence-electron chi connectivity index (χ3n) is 3.35. The summed E-state index contributed by atoms with van der Waals surface area (Å²) in [5.74, 6) is -0.0163. The minimum Gasteiger partial charge on any atom is -0.398 e. The highest BCUT2D eigenvalue weighted by atomic mass is 79.9.